The monoisotopic (exact) mass is 320 g/mol. The van der Waals surface area contributed by atoms with E-state index in [1.807, 2.05) is 13.0 Å². The number of aryl methyl sites for hydroxylation is 1. The normalized spacial score (nSPS) is 10.1. The SMILES string of the molecule is COc1ccc(C(=O)Nc2cccnc2C)cc1Br. The molecule has 1 N–H and O–H groups in total. The number of carbonyl (C=O) groups is 1. The highest BCUT2D eigenvalue weighted by Gasteiger charge is 2.10. The average Bonchev–Trinajstić information content (AvgIpc) is 2.41. The fraction of sp³-hybridized carbons (Fsp3) is 0.143. The fourth-order valence-electron chi connectivity index (χ4n) is 1.62. The quantitative estimate of drug-likeness (QED) is 0.942. The summed E-state index contributed by atoms with van der Waals surface area (Å²) in [5.74, 6) is 0.508. The number of benzene rings is 1. The van der Waals surface area contributed by atoms with Gasteiger partial charge in [-0.15, -0.1) is 0 Å². The summed E-state index contributed by atoms with van der Waals surface area (Å²) in [6.45, 7) is 1.85. The van der Waals surface area contributed by atoms with Crippen LogP contribution in [0.4, 0.5) is 5.69 Å². The summed E-state index contributed by atoms with van der Waals surface area (Å²) in [6, 6.07) is 8.78. The number of hydrogen-bond donors (Lipinski definition) is 1. The smallest absolute Gasteiger partial charge is 0.255 e. The molecule has 0 aliphatic rings. The fourth-order valence-corrected chi connectivity index (χ4v) is 2.16. The number of nitrogens with zero attached hydrogens (tertiary/aromatic N) is 1. The molecular formula is C14H13BrN2O2. The highest BCUT2D eigenvalue weighted by atomic mass is 79.9. The van der Waals surface area contributed by atoms with Crippen molar-refractivity contribution in [2.75, 3.05) is 12.4 Å². The van der Waals surface area contributed by atoms with Gasteiger partial charge in [0.1, 0.15) is 5.75 Å². The van der Waals surface area contributed by atoms with E-state index in [0.29, 0.717) is 17.0 Å². The van der Waals surface area contributed by atoms with Crippen molar-refractivity contribution in [3.05, 3.63) is 52.3 Å². The van der Waals surface area contributed by atoms with Crippen molar-refractivity contribution in [2.24, 2.45) is 0 Å². The van der Waals surface area contributed by atoms with E-state index in [1.54, 1.807) is 37.6 Å². The summed E-state index contributed by atoms with van der Waals surface area (Å²) in [5, 5.41) is 2.83. The second kappa shape index (κ2) is 5.84. The molecule has 2 aromatic rings. The van der Waals surface area contributed by atoms with Gasteiger partial charge in [0.05, 0.1) is 23.0 Å². The zero-order valence-corrected chi connectivity index (χ0v) is 12.2. The topological polar surface area (TPSA) is 51.2 Å². The summed E-state index contributed by atoms with van der Waals surface area (Å²) >= 11 is 3.36. The van der Waals surface area contributed by atoms with Crippen LogP contribution in [0.3, 0.4) is 0 Å². The number of amides is 1. The average molecular weight is 321 g/mol. The molecule has 0 saturated carbocycles. The van der Waals surface area contributed by atoms with Gasteiger partial charge in [0.25, 0.3) is 5.91 Å². The van der Waals surface area contributed by atoms with E-state index in [1.165, 1.54) is 0 Å². The molecule has 0 unspecified atom stereocenters. The molecule has 1 heterocycles. The molecule has 19 heavy (non-hydrogen) atoms. The summed E-state index contributed by atoms with van der Waals surface area (Å²) in [7, 11) is 1.58. The van der Waals surface area contributed by atoms with Crippen LogP contribution in [0.25, 0.3) is 0 Å². The predicted octanol–water partition coefficient (Wildman–Crippen LogP) is 3.41. The van der Waals surface area contributed by atoms with Crippen molar-refractivity contribution < 1.29 is 9.53 Å². The zero-order chi connectivity index (χ0) is 13.8. The van der Waals surface area contributed by atoms with Gasteiger partial charge >= 0.3 is 0 Å². The first kappa shape index (κ1) is 13.5. The highest BCUT2D eigenvalue weighted by Crippen LogP contribution is 2.26. The minimum atomic E-state index is -0.181. The van der Waals surface area contributed by atoms with Gasteiger partial charge in [0.15, 0.2) is 0 Å². The van der Waals surface area contributed by atoms with Gasteiger partial charge in [-0.25, -0.2) is 0 Å². The lowest BCUT2D eigenvalue weighted by molar-refractivity contribution is 0.102. The Morgan fingerprint density at radius 1 is 1.37 bits per heavy atom. The van der Waals surface area contributed by atoms with Gasteiger partial charge in [-0.3, -0.25) is 9.78 Å². The van der Waals surface area contributed by atoms with Gasteiger partial charge in [0, 0.05) is 11.8 Å². The number of hydrogen-bond acceptors (Lipinski definition) is 3. The van der Waals surface area contributed by atoms with Gasteiger partial charge in [0.2, 0.25) is 0 Å². The Morgan fingerprint density at radius 3 is 2.79 bits per heavy atom. The van der Waals surface area contributed by atoms with Gasteiger partial charge in [-0.2, -0.15) is 0 Å². The van der Waals surface area contributed by atoms with E-state index < -0.39 is 0 Å². The molecule has 1 aromatic carbocycles. The number of rotatable bonds is 3. The molecule has 98 valence electrons. The summed E-state index contributed by atoms with van der Waals surface area (Å²) in [4.78, 5) is 16.2. The van der Waals surface area contributed by atoms with Gasteiger partial charge < -0.3 is 10.1 Å². The summed E-state index contributed by atoms with van der Waals surface area (Å²) < 4.78 is 5.87. The Balaban J connectivity index is 2.21. The van der Waals surface area contributed by atoms with Crippen LogP contribution in [-0.2, 0) is 0 Å². The van der Waals surface area contributed by atoms with E-state index in [0.717, 1.165) is 10.2 Å². The Morgan fingerprint density at radius 2 is 2.16 bits per heavy atom. The molecular weight excluding hydrogens is 308 g/mol. The third kappa shape index (κ3) is 3.12. The number of ether oxygens (including phenoxy) is 1. The van der Waals surface area contributed by atoms with E-state index in [-0.39, 0.29) is 5.91 Å². The summed E-state index contributed by atoms with van der Waals surface area (Å²) in [5.41, 5.74) is 2.04. The van der Waals surface area contributed by atoms with Crippen LogP contribution in [-0.4, -0.2) is 18.0 Å². The molecule has 0 aliphatic carbocycles. The molecule has 2 rings (SSSR count). The van der Waals surface area contributed by atoms with Gasteiger partial charge in [-0.05, 0) is 53.2 Å². The van der Waals surface area contributed by atoms with Crippen LogP contribution in [0.5, 0.6) is 5.75 Å². The highest BCUT2D eigenvalue weighted by molar-refractivity contribution is 9.10. The third-order valence-corrected chi connectivity index (χ3v) is 3.29. The van der Waals surface area contributed by atoms with Crippen molar-refractivity contribution in [3.63, 3.8) is 0 Å². The molecule has 0 fully saturated rings. The molecule has 0 bridgehead atoms. The molecule has 0 spiro atoms. The maximum absolute atomic E-state index is 12.1. The van der Waals surface area contributed by atoms with Gasteiger partial charge in [-0.1, -0.05) is 0 Å². The number of aromatic nitrogens is 1. The van der Waals surface area contributed by atoms with Crippen molar-refractivity contribution in [1.29, 1.82) is 0 Å². The minimum Gasteiger partial charge on any atom is -0.496 e. The molecule has 0 saturated heterocycles. The third-order valence-electron chi connectivity index (χ3n) is 2.67. The van der Waals surface area contributed by atoms with E-state index in [4.69, 9.17) is 4.74 Å². The first-order valence-electron chi connectivity index (χ1n) is 5.68. The molecule has 1 aromatic heterocycles. The number of anilines is 1. The maximum atomic E-state index is 12.1. The van der Waals surface area contributed by atoms with E-state index in [9.17, 15) is 4.79 Å². The second-order valence-corrected chi connectivity index (χ2v) is 4.79. The molecule has 0 atom stereocenters. The zero-order valence-electron chi connectivity index (χ0n) is 10.6. The Labute approximate surface area is 119 Å². The lowest BCUT2D eigenvalue weighted by Crippen LogP contribution is -2.13. The Kier molecular flexibility index (Phi) is 4.16. The molecule has 0 radical (unpaired) electrons. The standard InChI is InChI=1S/C14H13BrN2O2/c1-9-12(4-3-7-16-9)17-14(18)10-5-6-13(19-2)11(15)8-10/h3-8H,1-2H3,(H,17,18). The largest absolute Gasteiger partial charge is 0.496 e. The van der Waals surface area contributed by atoms with E-state index >= 15 is 0 Å². The number of methoxy groups -OCH3 is 1. The lowest BCUT2D eigenvalue weighted by Gasteiger charge is -2.09. The van der Waals surface area contributed by atoms with Crippen LogP contribution < -0.4 is 10.1 Å². The number of nitrogens with one attached hydrogen (secondary N) is 1. The van der Waals surface area contributed by atoms with Crippen LogP contribution in [0.2, 0.25) is 0 Å². The second-order valence-electron chi connectivity index (χ2n) is 3.94. The molecule has 0 aliphatic heterocycles. The van der Waals surface area contributed by atoms with Crippen molar-refractivity contribution in [2.45, 2.75) is 6.92 Å². The predicted molar refractivity (Wildman–Crippen MR) is 77.6 cm³/mol. The van der Waals surface area contributed by atoms with Crippen LogP contribution in [0, 0.1) is 6.92 Å². The lowest BCUT2D eigenvalue weighted by atomic mass is 10.2. The van der Waals surface area contributed by atoms with Crippen LogP contribution in [0.15, 0.2) is 41.0 Å². The van der Waals surface area contributed by atoms with Crippen molar-refractivity contribution in [3.8, 4) is 5.75 Å². The van der Waals surface area contributed by atoms with Crippen LogP contribution >= 0.6 is 15.9 Å². The maximum Gasteiger partial charge on any atom is 0.255 e. The van der Waals surface area contributed by atoms with E-state index in [2.05, 4.69) is 26.2 Å². The Bertz CT molecular complexity index is 614. The number of pyridine rings is 1. The molecule has 1 amide bonds. The number of halogens is 1. The number of carbonyl (C=O) groups excluding carboxylic acids is 1. The first-order chi connectivity index (χ1) is 9.11. The van der Waals surface area contributed by atoms with Crippen molar-refractivity contribution >= 4 is 27.5 Å². The summed E-state index contributed by atoms with van der Waals surface area (Å²) in [6.07, 6.45) is 1.69. The van der Waals surface area contributed by atoms with Crippen LogP contribution in [0.1, 0.15) is 16.1 Å². The molecule has 4 nitrogen and oxygen atoms in total. The van der Waals surface area contributed by atoms with Crippen molar-refractivity contribution in [1.82, 2.24) is 4.98 Å². The first-order valence-corrected chi connectivity index (χ1v) is 6.47. The minimum absolute atomic E-state index is 0.181. The Hall–Kier alpha value is -1.88. The molecule has 5 heteroatoms.